The van der Waals surface area contributed by atoms with Crippen molar-refractivity contribution in [2.24, 2.45) is 0 Å². The van der Waals surface area contributed by atoms with E-state index in [4.69, 9.17) is 9.47 Å². The molecule has 2 fully saturated rings. The minimum absolute atomic E-state index is 0.0342. The summed E-state index contributed by atoms with van der Waals surface area (Å²) >= 11 is 0. The zero-order valence-electron chi connectivity index (χ0n) is 18.9. The molecule has 7 nitrogen and oxygen atoms in total. The Labute approximate surface area is 181 Å². The van der Waals surface area contributed by atoms with Gasteiger partial charge in [0.2, 0.25) is 0 Å². The van der Waals surface area contributed by atoms with E-state index in [0.29, 0.717) is 0 Å². The first kappa shape index (κ1) is 22.7. The number of benzene rings is 1. The SMILES string of the molecule is CCN1CCN(CCCCNC(=O)N2CCCC2c2ccc(OC)cc2OC)CC1. The molecule has 1 unspecified atom stereocenters. The Morgan fingerprint density at radius 3 is 2.53 bits per heavy atom. The van der Waals surface area contributed by atoms with Crippen molar-refractivity contribution in [3.63, 3.8) is 0 Å². The van der Waals surface area contributed by atoms with Gasteiger partial charge in [-0.15, -0.1) is 0 Å². The molecule has 0 saturated carbocycles. The van der Waals surface area contributed by atoms with Gasteiger partial charge in [-0.25, -0.2) is 4.79 Å². The van der Waals surface area contributed by atoms with Crippen molar-refractivity contribution in [1.29, 1.82) is 0 Å². The van der Waals surface area contributed by atoms with Gasteiger partial charge in [-0.1, -0.05) is 6.92 Å². The third kappa shape index (κ3) is 5.79. The average Bonchev–Trinajstić information content (AvgIpc) is 3.28. The summed E-state index contributed by atoms with van der Waals surface area (Å²) in [5, 5.41) is 3.13. The first-order valence-corrected chi connectivity index (χ1v) is 11.4. The molecule has 7 heteroatoms. The molecule has 30 heavy (non-hydrogen) atoms. The molecule has 2 amide bonds. The minimum atomic E-state index is 0.0342. The third-order valence-corrected chi connectivity index (χ3v) is 6.40. The van der Waals surface area contributed by atoms with Crippen molar-refractivity contribution in [3.05, 3.63) is 23.8 Å². The Balaban J connectivity index is 1.43. The number of urea groups is 1. The monoisotopic (exact) mass is 418 g/mol. The minimum Gasteiger partial charge on any atom is -0.497 e. The third-order valence-electron chi connectivity index (χ3n) is 6.40. The van der Waals surface area contributed by atoms with Gasteiger partial charge >= 0.3 is 6.03 Å². The lowest BCUT2D eigenvalue weighted by Gasteiger charge is -2.34. The maximum Gasteiger partial charge on any atom is 0.317 e. The Hall–Kier alpha value is -1.99. The number of piperazine rings is 1. The highest BCUT2D eigenvalue weighted by atomic mass is 16.5. The normalized spacial score (nSPS) is 20.4. The fourth-order valence-electron chi connectivity index (χ4n) is 4.51. The molecule has 0 aromatic heterocycles. The maximum atomic E-state index is 12.8. The van der Waals surface area contributed by atoms with Gasteiger partial charge in [-0.3, -0.25) is 0 Å². The number of nitrogens with one attached hydrogen (secondary N) is 1. The summed E-state index contributed by atoms with van der Waals surface area (Å²) in [5.74, 6) is 1.54. The van der Waals surface area contributed by atoms with Crippen LogP contribution in [0.15, 0.2) is 18.2 Å². The number of unbranched alkanes of at least 4 members (excludes halogenated alkanes) is 1. The molecule has 0 aliphatic carbocycles. The van der Waals surface area contributed by atoms with Crippen LogP contribution in [0, 0.1) is 0 Å². The second-order valence-electron chi connectivity index (χ2n) is 8.17. The lowest BCUT2D eigenvalue weighted by molar-refractivity contribution is 0.135. The predicted molar refractivity (Wildman–Crippen MR) is 119 cm³/mol. The summed E-state index contributed by atoms with van der Waals surface area (Å²) in [7, 11) is 3.31. The van der Waals surface area contributed by atoms with Crippen LogP contribution in [0.4, 0.5) is 4.79 Å². The molecule has 168 valence electrons. The number of likely N-dealkylation sites (tertiary alicyclic amines) is 1. The summed E-state index contributed by atoms with van der Waals surface area (Å²) in [6.07, 6.45) is 4.11. The highest BCUT2D eigenvalue weighted by Gasteiger charge is 2.31. The number of hydrogen-bond acceptors (Lipinski definition) is 5. The summed E-state index contributed by atoms with van der Waals surface area (Å²) in [6, 6.07) is 5.94. The molecule has 1 aromatic rings. The smallest absolute Gasteiger partial charge is 0.317 e. The number of methoxy groups -OCH3 is 2. The molecule has 0 radical (unpaired) electrons. The van der Waals surface area contributed by atoms with Gasteiger partial charge in [0.05, 0.1) is 20.3 Å². The predicted octanol–water partition coefficient (Wildman–Crippen LogP) is 2.97. The Morgan fingerprint density at radius 2 is 1.83 bits per heavy atom. The van der Waals surface area contributed by atoms with E-state index < -0.39 is 0 Å². The van der Waals surface area contributed by atoms with Gasteiger partial charge in [-0.05, 0) is 50.9 Å². The van der Waals surface area contributed by atoms with Crippen LogP contribution in [0.3, 0.4) is 0 Å². The molecule has 2 aliphatic rings. The molecule has 2 aliphatic heterocycles. The highest BCUT2D eigenvalue weighted by Crippen LogP contribution is 2.38. The van der Waals surface area contributed by atoms with Crippen LogP contribution >= 0.6 is 0 Å². The van der Waals surface area contributed by atoms with E-state index in [1.165, 1.54) is 26.2 Å². The van der Waals surface area contributed by atoms with Crippen molar-refractivity contribution >= 4 is 6.03 Å². The van der Waals surface area contributed by atoms with Gasteiger partial charge in [0.15, 0.2) is 0 Å². The number of rotatable bonds is 9. The van der Waals surface area contributed by atoms with Crippen LogP contribution in [0.1, 0.15) is 44.2 Å². The van der Waals surface area contributed by atoms with Crippen molar-refractivity contribution in [2.75, 3.05) is 66.6 Å². The van der Waals surface area contributed by atoms with E-state index in [1.807, 2.05) is 23.1 Å². The van der Waals surface area contributed by atoms with Crippen molar-refractivity contribution in [2.45, 2.75) is 38.6 Å². The van der Waals surface area contributed by atoms with Crippen molar-refractivity contribution in [3.8, 4) is 11.5 Å². The summed E-state index contributed by atoms with van der Waals surface area (Å²) in [5.41, 5.74) is 1.05. The molecule has 2 saturated heterocycles. The number of hydrogen-bond donors (Lipinski definition) is 1. The van der Waals surface area contributed by atoms with E-state index in [0.717, 1.165) is 68.9 Å². The van der Waals surface area contributed by atoms with E-state index in [2.05, 4.69) is 22.0 Å². The standard InChI is InChI=1S/C23H38N4O3/c1-4-25-14-16-26(17-15-25)12-6-5-11-24-23(28)27-13-7-8-21(27)20-10-9-19(29-2)18-22(20)30-3/h9-10,18,21H,4-8,11-17H2,1-3H3,(H,24,28). The topological polar surface area (TPSA) is 57.3 Å². The zero-order chi connectivity index (χ0) is 21.3. The Morgan fingerprint density at radius 1 is 1.07 bits per heavy atom. The molecule has 2 heterocycles. The lowest BCUT2D eigenvalue weighted by atomic mass is 10.0. The fourth-order valence-corrected chi connectivity index (χ4v) is 4.51. The number of ether oxygens (including phenoxy) is 2. The first-order chi connectivity index (χ1) is 14.7. The van der Waals surface area contributed by atoms with E-state index >= 15 is 0 Å². The molecular formula is C23H38N4O3. The van der Waals surface area contributed by atoms with Crippen LogP contribution < -0.4 is 14.8 Å². The molecule has 1 atom stereocenters. The number of amides is 2. The zero-order valence-corrected chi connectivity index (χ0v) is 18.9. The average molecular weight is 419 g/mol. The van der Waals surface area contributed by atoms with Crippen LogP contribution in [-0.2, 0) is 0 Å². The molecule has 0 bridgehead atoms. The van der Waals surface area contributed by atoms with Gasteiger partial charge in [-0.2, -0.15) is 0 Å². The van der Waals surface area contributed by atoms with E-state index in [-0.39, 0.29) is 12.1 Å². The molecule has 0 spiro atoms. The highest BCUT2D eigenvalue weighted by molar-refractivity contribution is 5.75. The first-order valence-electron chi connectivity index (χ1n) is 11.4. The maximum absolute atomic E-state index is 12.8. The van der Waals surface area contributed by atoms with E-state index in [9.17, 15) is 4.79 Å². The van der Waals surface area contributed by atoms with Crippen molar-refractivity contribution in [1.82, 2.24) is 20.0 Å². The van der Waals surface area contributed by atoms with Crippen LogP contribution in [0.5, 0.6) is 11.5 Å². The van der Waals surface area contributed by atoms with Crippen LogP contribution in [0.2, 0.25) is 0 Å². The Kier molecular flexibility index (Phi) is 8.63. The summed E-state index contributed by atoms with van der Waals surface area (Å²) in [6.45, 7) is 10.7. The number of carbonyl (C=O) groups excluding carboxylic acids is 1. The van der Waals surface area contributed by atoms with Gasteiger partial charge in [0.1, 0.15) is 11.5 Å². The van der Waals surface area contributed by atoms with Gasteiger partial charge in [0.25, 0.3) is 0 Å². The van der Waals surface area contributed by atoms with E-state index in [1.54, 1.807) is 14.2 Å². The summed E-state index contributed by atoms with van der Waals surface area (Å²) < 4.78 is 10.9. The molecule has 3 rings (SSSR count). The van der Waals surface area contributed by atoms with Gasteiger partial charge < -0.3 is 29.5 Å². The molecule has 1 aromatic carbocycles. The second-order valence-corrected chi connectivity index (χ2v) is 8.17. The summed E-state index contributed by atoms with van der Waals surface area (Å²) in [4.78, 5) is 19.8. The van der Waals surface area contributed by atoms with Crippen LogP contribution in [-0.4, -0.2) is 87.3 Å². The van der Waals surface area contributed by atoms with Crippen LogP contribution in [0.25, 0.3) is 0 Å². The quantitative estimate of drug-likeness (QED) is 0.625. The Bertz CT molecular complexity index is 676. The second kappa shape index (κ2) is 11.4. The number of carbonyl (C=O) groups is 1. The number of nitrogens with zero attached hydrogens (tertiary/aromatic N) is 3. The number of likely N-dealkylation sites (N-methyl/N-ethyl adjacent to an activating group) is 1. The van der Waals surface area contributed by atoms with Crippen molar-refractivity contribution < 1.29 is 14.3 Å². The largest absolute Gasteiger partial charge is 0.497 e. The fraction of sp³-hybridized carbons (Fsp3) is 0.696. The molecule has 1 N–H and O–H groups in total. The molecular weight excluding hydrogens is 380 g/mol. The van der Waals surface area contributed by atoms with Gasteiger partial charge in [0, 0.05) is 50.9 Å². The lowest BCUT2D eigenvalue weighted by Crippen LogP contribution is -2.46.